The van der Waals surface area contributed by atoms with Gasteiger partial charge in [0.05, 0.1) is 18.3 Å². The zero-order valence-corrected chi connectivity index (χ0v) is 15.0. The third-order valence-electron chi connectivity index (χ3n) is 3.41. The molecule has 0 aromatic heterocycles. The Balaban J connectivity index is 2.65. The zero-order valence-electron chi connectivity index (χ0n) is 15.0. The fourth-order valence-corrected chi connectivity index (χ4v) is 2.26. The second-order valence-corrected chi connectivity index (χ2v) is 6.89. The van der Waals surface area contributed by atoms with Gasteiger partial charge in [0.2, 0.25) is 0 Å². The Morgan fingerprint density at radius 2 is 1.96 bits per heavy atom. The summed E-state index contributed by atoms with van der Waals surface area (Å²) in [6.07, 6.45) is 0.0712. The molecule has 24 heavy (non-hydrogen) atoms. The molecule has 1 rings (SSSR count). The van der Waals surface area contributed by atoms with Gasteiger partial charge in [-0.3, -0.25) is 4.90 Å². The molecule has 1 atom stereocenters. The van der Waals surface area contributed by atoms with Crippen LogP contribution in [0, 0.1) is 11.6 Å². The van der Waals surface area contributed by atoms with E-state index in [0.717, 1.165) is 12.5 Å². The maximum atomic E-state index is 13.9. The van der Waals surface area contributed by atoms with Crippen molar-refractivity contribution in [2.75, 3.05) is 33.4 Å². The first-order chi connectivity index (χ1) is 11.2. The van der Waals surface area contributed by atoms with Crippen LogP contribution in [0.5, 0.6) is 0 Å². The second-order valence-electron chi connectivity index (χ2n) is 6.89. The minimum atomic E-state index is -0.685. The lowest BCUT2D eigenvalue weighted by Crippen LogP contribution is -2.37. The largest absolute Gasteiger partial charge is 0.389 e. The van der Waals surface area contributed by atoms with Crippen molar-refractivity contribution in [2.45, 2.75) is 45.4 Å². The molecule has 4 nitrogen and oxygen atoms in total. The molecule has 0 heterocycles. The van der Waals surface area contributed by atoms with Crippen LogP contribution < -0.4 is 0 Å². The van der Waals surface area contributed by atoms with Gasteiger partial charge in [-0.05, 0) is 33.3 Å². The number of aliphatic hydroxyl groups excluding tert-OH is 1. The number of hydrogen-bond acceptors (Lipinski definition) is 4. The predicted molar refractivity (Wildman–Crippen MR) is 89.8 cm³/mol. The summed E-state index contributed by atoms with van der Waals surface area (Å²) < 4.78 is 37.5. The van der Waals surface area contributed by atoms with E-state index in [0.29, 0.717) is 31.8 Å². The molecule has 1 unspecified atom stereocenters. The van der Waals surface area contributed by atoms with Crippen LogP contribution in [0.25, 0.3) is 0 Å². The van der Waals surface area contributed by atoms with Crippen molar-refractivity contribution in [3.05, 3.63) is 35.4 Å². The molecule has 0 saturated heterocycles. The van der Waals surface area contributed by atoms with Gasteiger partial charge in [0.25, 0.3) is 0 Å². The summed E-state index contributed by atoms with van der Waals surface area (Å²) in [6, 6.07) is 3.55. The van der Waals surface area contributed by atoms with Crippen LogP contribution in [0.4, 0.5) is 8.78 Å². The summed E-state index contributed by atoms with van der Waals surface area (Å²) in [7, 11) is 1.62. The van der Waals surface area contributed by atoms with Gasteiger partial charge in [0.1, 0.15) is 11.6 Å². The molecule has 0 saturated carbocycles. The minimum absolute atomic E-state index is 0.205. The van der Waals surface area contributed by atoms with Gasteiger partial charge >= 0.3 is 0 Å². The van der Waals surface area contributed by atoms with Gasteiger partial charge in [-0.2, -0.15) is 0 Å². The Kier molecular flexibility index (Phi) is 8.76. The Morgan fingerprint density at radius 3 is 2.54 bits per heavy atom. The maximum Gasteiger partial charge on any atom is 0.130 e. The van der Waals surface area contributed by atoms with Gasteiger partial charge in [-0.25, -0.2) is 8.78 Å². The van der Waals surface area contributed by atoms with Crippen molar-refractivity contribution in [3.63, 3.8) is 0 Å². The molecular formula is C18H29F2NO3. The molecule has 1 aromatic rings. The molecule has 138 valence electrons. The predicted octanol–water partition coefficient (Wildman–Crippen LogP) is 2.98. The first kappa shape index (κ1) is 21.0. The van der Waals surface area contributed by atoms with E-state index in [4.69, 9.17) is 9.47 Å². The maximum absolute atomic E-state index is 13.9. The number of halogens is 2. The quantitative estimate of drug-likeness (QED) is 0.662. The first-order valence-corrected chi connectivity index (χ1v) is 8.18. The van der Waals surface area contributed by atoms with Gasteiger partial charge in [-0.15, -0.1) is 0 Å². The minimum Gasteiger partial charge on any atom is -0.389 e. The van der Waals surface area contributed by atoms with Crippen LogP contribution in [-0.4, -0.2) is 55.1 Å². The summed E-state index contributed by atoms with van der Waals surface area (Å²) in [6.45, 7) is 7.82. The lowest BCUT2D eigenvalue weighted by molar-refractivity contribution is -0.0570. The summed E-state index contributed by atoms with van der Waals surface area (Å²) in [5.41, 5.74) is 0.0723. The van der Waals surface area contributed by atoms with E-state index >= 15 is 0 Å². The lowest BCUT2D eigenvalue weighted by Gasteiger charge is -2.27. The topological polar surface area (TPSA) is 41.9 Å². The monoisotopic (exact) mass is 345 g/mol. The molecule has 0 amide bonds. The normalized spacial score (nSPS) is 13.5. The van der Waals surface area contributed by atoms with E-state index < -0.39 is 17.7 Å². The van der Waals surface area contributed by atoms with Gasteiger partial charge in [0.15, 0.2) is 0 Å². The van der Waals surface area contributed by atoms with Crippen LogP contribution >= 0.6 is 0 Å². The standard InChI is InChI=1S/C18H29F2NO3/c1-18(2,3)24-13-16(22)12-21(8-5-9-23-4)11-14-6-7-15(19)10-17(14)20/h6-7,10,16,22H,5,8-9,11-13H2,1-4H3. The van der Waals surface area contributed by atoms with E-state index in [2.05, 4.69) is 0 Å². The highest BCUT2D eigenvalue weighted by molar-refractivity contribution is 5.18. The molecular weight excluding hydrogens is 316 g/mol. The number of aliphatic hydroxyl groups is 1. The first-order valence-electron chi connectivity index (χ1n) is 8.18. The third-order valence-corrected chi connectivity index (χ3v) is 3.41. The molecule has 0 aliphatic heterocycles. The van der Waals surface area contributed by atoms with E-state index in [1.165, 1.54) is 12.1 Å². The summed E-state index contributed by atoms with van der Waals surface area (Å²) in [5, 5.41) is 10.2. The number of rotatable bonds is 10. The Hall–Kier alpha value is -1.08. The van der Waals surface area contributed by atoms with Crippen LogP contribution in [-0.2, 0) is 16.0 Å². The average Bonchev–Trinajstić information content (AvgIpc) is 2.47. The van der Waals surface area contributed by atoms with Crippen molar-refractivity contribution in [2.24, 2.45) is 0 Å². The molecule has 1 aromatic carbocycles. The second kappa shape index (κ2) is 10.0. The molecule has 0 fully saturated rings. The fraction of sp³-hybridized carbons (Fsp3) is 0.667. The number of hydrogen-bond donors (Lipinski definition) is 1. The van der Waals surface area contributed by atoms with Gasteiger partial charge < -0.3 is 14.6 Å². The van der Waals surface area contributed by atoms with Crippen LogP contribution in [0.15, 0.2) is 18.2 Å². The summed E-state index contributed by atoms with van der Waals surface area (Å²) >= 11 is 0. The van der Waals surface area contributed by atoms with E-state index in [9.17, 15) is 13.9 Å². The number of benzene rings is 1. The van der Waals surface area contributed by atoms with Crippen LogP contribution in [0.1, 0.15) is 32.8 Å². The van der Waals surface area contributed by atoms with Crippen molar-refractivity contribution in [3.8, 4) is 0 Å². The fourth-order valence-electron chi connectivity index (χ4n) is 2.26. The van der Waals surface area contributed by atoms with Gasteiger partial charge in [-0.1, -0.05) is 6.07 Å². The molecule has 0 radical (unpaired) electrons. The van der Waals surface area contributed by atoms with Crippen molar-refractivity contribution >= 4 is 0 Å². The number of ether oxygens (including phenoxy) is 2. The van der Waals surface area contributed by atoms with Crippen LogP contribution in [0.2, 0.25) is 0 Å². The van der Waals surface area contributed by atoms with Crippen molar-refractivity contribution < 1.29 is 23.4 Å². The SMILES string of the molecule is COCCCN(Cc1ccc(F)cc1F)CC(O)COC(C)(C)C. The molecule has 0 bridgehead atoms. The highest BCUT2D eigenvalue weighted by Crippen LogP contribution is 2.14. The Morgan fingerprint density at radius 1 is 1.25 bits per heavy atom. The number of methoxy groups -OCH3 is 1. The molecule has 0 aliphatic carbocycles. The molecule has 0 aliphatic rings. The number of nitrogens with zero attached hydrogens (tertiary/aromatic N) is 1. The van der Waals surface area contributed by atoms with Crippen LogP contribution in [0.3, 0.4) is 0 Å². The van der Waals surface area contributed by atoms with E-state index in [-0.39, 0.29) is 12.2 Å². The van der Waals surface area contributed by atoms with Gasteiger partial charge in [0, 0.05) is 45.0 Å². The highest BCUT2D eigenvalue weighted by Gasteiger charge is 2.17. The van der Waals surface area contributed by atoms with E-state index in [1.54, 1.807) is 7.11 Å². The summed E-state index contributed by atoms with van der Waals surface area (Å²) in [5.74, 6) is -1.17. The molecule has 6 heteroatoms. The smallest absolute Gasteiger partial charge is 0.130 e. The Labute approximate surface area is 143 Å². The van der Waals surface area contributed by atoms with E-state index in [1.807, 2.05) is 25.7 Å². The third kappa shape index (κ3) is 8.68. The molecule has 1 N–H and O–H groups in total. The van der Waals surface area contributed by atoms with Crippen molar-refractivity contribution in [1.29, 1.82) is 0 Å². The lowest BCUT2D eigenvalue weighted by atomic mass is 10.1. The summed E-state index contributed by atoms with van der Waals surface area (Å²) in [4.78, 5) is 1.92. The average molecular weight is 345 g/mol. The zero-order chi connectivity index (χ0) is 18.2. The highest BCUT2D eigenvalue weighted by atomic mass is 19.1. The Bertz CT molecular complexity index is 492. The van der Waals surface area contributed by atoms with Crippen molar-refractivity contribution in [1.82, 2.24) is 4.90 Å². The molecule has 0 spiro atoms.